The molecular formula is C10H8ClF3N2S. The molecule has 0 radical (unpaired) electrons. The van der Waals surface area contributed by atoms with Crippen molar-refractivity contribution in [2.45, 2.75) is 18.6 Å². The van der Waals surface area contributed by atoms with E-state index < -0.39 is 11.7 Å². The molecular weight excluding hydrogens is 273 g/mol. The number of hydrogen-bond acceptors (Lipinski definition) is 3. The van der Waals surface area contributed by atoms with Gasteiger partial charge in [-0.3, -0.25) is 0 Å². The Morgan fingerprint density at radius 3 is 2.53 bits per heavy atom. The van der Waals surface area contributed by atoms with Crippen LogP contribution in [0.25, 0.3) is 10.2 Å². The van der Waals surface area contributed by atoms with Crippen molar-refractivity contribution in [2.75, 3.05) is 0 Å². The average Bonchev–Trinajstić information content (AvgIpc) is 2.61. The van der Waals surface area contributed by atoms with E-state index in [2.05, 4.69) is 4.98 Å². The molecule has 1 unspecified atom stereocenters. The molecule has 1 heterocycles. The quantitative estimate of drug-likeness (QED) is 0.865. The van der Waals surface area contributed by atoms with E-state index in [0.29, 0.717) is 15.2 Å². The fourth-order valence-corrected chi connectivity index (χ4v) is 2.59. The molecule has 92 valence electrons. The first-order valence-corrected chi connectivity index (χ1v) is 5.84. The van der Waals surface area contributed by atoms with Gasteiger partial charge in [-0.05, 0) is 19.1 Å². The van der Waals surface area contributed by atoms with Gasteiger partial charge >= 0.3 is 6.18 Å². The predicted molar refractivity (Wildman–Crippen MR) is 62.2 cm³/mol. The van der Waals surface area contributed by atoms with E-state index in [1.807, 2.05) is 0 Å². The van der Waals surface area contributed by atoms with Gasteiger partial charge in [0.15, 0.2) is 5.54 Å². The standard InChI is InChI=1S/C10H8ClF3N2S/c1-9(15,10(12,13)14)8-16-6-4-2-3-5(11)7(6)17-8/h2-4H,15H2,1H3. The zero-order valence-electron chi connectivity index (χ0n) is 8.68. The van der Waals surface area contributed by atoms with Crippen LogP contribution in [-0.2, 0) is 5.54 Å². The number of halogens is 4. The third-order valence-electron chi connectivity index (χ3n) is 2.40. The fraction of sp³-hybridized carbons (Fsp3) is 0.300. The van der Waals surface area contributed by atoms with Crippen molar-refractivity contribution in [1.29, 1.82) is 0 Å². The summed E-state index contributed by atoms with van der Waals surface area (Å²) in [5.41, 5.74) is 3.28. The molecule has 0 amide bonds. The van der Waals surface area contributed by atoms with E-state index in [0.717, 1.165) is 18.3 Å². The molecule has 2 rings (SSSR count). The van der Waals surface area contributed by atoms with E-state index >= 15 is 0 Å². The lowest BCUT2D eigenvalue weighted by Gasteiger charge is -2.24. The summed E-state index contributed by atoms with van der Waals surface area (Å²) in [5, 5.41) is 0.192. The van der Waals surface area contributed by atoms with Crippen molar-refractivity contribution in [1.82, 2.24) is 4.98 Å². The number of fused-ring (bicyclic) bond motifs is 1. The van der Waals surface area contributed by atoms with E-state index in [1.54, 1.807) is 18.2 Å². The Morgan fingerprint density at radius 2 is 2.00 bits per heavy atom. The lowest BCUT2D eigenvalue weighted by Crippen LogP contribution is -2.47. The van der Waals surface area contributed by atoms with Crippen LogP contribution in [0.3, 0.4) is 0 Å². The minimum atomic E-state index is -4.55. The SMILES string of the molecule is CC(N)(c1nc2cccc(Cl)c2s1)C(F)(F)F. The van der Waals surface area contributed by atoms with Crippen molar-refractivity contribution in [3.05, 3.63) is 28.2 Å². The Bertz CT molecular complexity index is 562. The Balaban J connectivity index is 2.62. The maximum absolute atomic E-state index is 12.8. The lowest BCUT2D eigenvalue weighted by atomic mass is 10.1. The molecule has 0 fully saturated rings. The molecule has 0 aliphatic carbocycles. The van der Waals surface area contributed by atoms with Crippen LogP contribution in [0.1, 0.15) is 11.9 Å². The topological polar surface area (TPSA) is 38.9 Å². The minimum Gasteiger partial charge on any atom is -0.312 e. The van der Waals surface area contributed by atoms with Crippen LogP contribution >= 0.6 is 22.9 Å². The largest absolute Gasteiger partial charge is 0.412 e. The smallest absolute Gasteiger partial charge is 0.312 e. The van der Waals surface area contributed by atoms with Gasteiger partial charge < -0.3 is 5.73 Å². The van der Waals surface area contributed by atoms with Crippen molar-refractivity contribution < 1.29 is 13.2 Å². The first-order chi connectivity index (χ1) is 7.73. The molecule has 0 aliphatic rings. The maximum atomic E-state index is 12.8. The van der Waals surface area contributed by atoms with Crippen LogP contribution < -0.4 is 5.73 Å². The summed E-state index contributed by atoms with van der Waals surface area (Å²) < 4.78 is 38.8. The monoisotopic (exact) mass is 280 g/mol. The molecule has 0 spiro atoms. The predicted octanol–water partition coefficient (Wildman–Crippen LogP) is 3.69. The summed E-state index contributed by atoms with van der Waals surface area (Å²) in [7, 11) is 0. The van der Waals surface area contributed by atoms with Crippen molar-refractivity contribution in [3.8, 4) is 0 Å². The fourth-order valence-electron chi connectivity index (χ4n) is 1.26. The second kappa shape index (κ2) is 3.83. The highest BCUT2D eigenvalue weighted by atomic mass is 35.5. The Morgan fingerprint density at radius 1 is 1.35 bits per heavy atom. The normalized spacial score (nSPS) is 16.1. The number of hydrogen-bond donors (Lipinski definition) is 1. The van der Waals surface area contributed by atoms with E-state index in [4.69, 9.17) is 17.3 Å². The molecule has 0 aliphatic heterocycles. The van der Waals surface area contributed by atoms with Crippen LogP contribution in [0.5, 0.6) is 0 Å². The van der Waals surface area contributed by atoms with Gasteiger partial charge in [0.25, 0.3) is 0 Å². The van der Waals surface area contributed by atoms with E-state index in [1.165, 1.54) is 0 Å². The third kappa shape index (κ3) is 2.00. The second-order valence-corrected chi connectivity index (χ2v) is 5.21. The van der Waals surface area contributed by atoms with Gasteiger partial charge in [-0.15, -0.1) is 11.3 Å². The summed E-state index contributed by atoms with van der Waals surface area (Å²) in [6.45, 7) is 0.901. The Hall–Kier alpha value is -0.850. The molecule has 1 aromatic heterocycles. The highest BCUT2D eigenvalue weighted by molar-refractivity contribution is 7.19. The van der Waals surface area contributed by atoms with Crippen LogP contribution in [-0.4, -0.2) is 11.2 Å². The number of rotatable bonds is 1. The van der Waals surface area contributed by atoms with Gasteiger partial charge in [0.2, 0.25) is 0 Å². The summed E-state index contributed by atoms with van der Waals surface area (Å²) in [4.78, 5) is 3.90. The van der Waals surface area contributed by atoms with Crippen LogP contribution in [0.4, 0.5) is 13.2 Å². The number of nitrogens with zero attached hydrogens (tertiary/aromatic N) is 1. The average molecular weight is 281 g/mol. The highest BCUT2D eigenvalue weighted by Gasteiger charge is 2.51. The van der Waals surface area contributed by atoms with Gasteiger partial charge in [0.1, 0.15) is 5.01 Å². The minimum absolute atomic E-state index is 0.187. The van der Waals surface area contributed by atoms with Crippen LogP contribution in [0.15, 0.2) is 18.2 Å². The number of alkyl halides is 3. The molecule has 17 heavy (non-hydrogen) atoms. The van der Waals surface area contributed by atoms with E-state index in [9.17, 15) is 13.2 Å². The van der Waals surface area contributed by atoms with Gasteiger partial charge in [-0.1, -0.05) is 17.7 Å². The summed E-state index contributed by atoms with van der Waals surface area (Å²) in [5.74, 6) is 0. The Labute approximate surface area is 104 Å². The maximum Gasteiger partial charge on any atom is 0.412 e. The second-order valence-electron chi connectivity index (χ2n) is 3.81. The zero-order chi connectivity index (χ0) is 12.8. The lowest BCUT2D eigenvalue weighted by molar-refractivity contribution is -0.184. The first-order valence-electron chi connectivity index (χ1n) is 4.64. The molecule has 0 saturated carbocycles. The summed E-state index contributed by atoms with van der Waals surface area (Å²) in [6, 6.07) is 4.84. The molecule has 2 aromatic rings. The molecule has 7 heteroatoms. The van der Waals surface area contributed by atoms with Crippen LogP contribution in [0.2, 0.25) is 5.02 Å². The molecule has 2 N–H and O–H groups in total. The molecule has 0 saturated heterocycles. The van der Waals surface area contributed by atoms with Gasteiger partial charge in [0.05, 0.1) is 15.2 Å². The van der Waals surface area contributed by atoms with Gasteiger partial charge in [-0.25, -0.2) is 4.98 Å². The first kappa shape index (κ1) is 12.6. The summed E-state index contributed by atoms with van der Waals surface area (Å²) in [6.07, 6.45) is -4.55. The highest BCUT2D eigenvalue weighted by Crippen LogP contribution is 2.40. The molecule has 2 nitrogen and oxygen atoms in total. The zero-order valence-corrected chi connectivity index (χ0v) is 10.2. The molecule has 1 aromatic carbocycles. The number of benzene rings is 1. The molecule has 0 bridgehead atoms. The number of thiazole rings is 1. The Kier molecular flexibility index (Phi) is 2.84. The van der Waals surface area contributed by atoms with Crippen LogP contribution in [0, 0.1) is 0 Å². The molecule has 1 atom stereocenters. The third-order valence-corrected chi connectivity index (χ3v) is 4.17. The van der Waals surface area contributed by atoms with Crippen molar-refractivity contribution >= 4 is 33.2 Å². The van der Waals surface area contributed by atoms with Crippen molar-refractivity contribution in [3.63, 3.8) is 0 Å². The number of aromatic nitrogens is 1. The number of nitrogens with two attached hydrogens (primary N) is 1. The van der Waals surface area contributed by atoms with E-state index in [-0.39, 0.29) is 5.01 Å². The van der Waals surface area contributed by atoms with Gasteiger partial charge in [-0.2, -0.15) is 13.2 Å². The van der Waals surface area contributed by atoms with Crippen molar-refractivity contribution in [2.24, 2.45) is 5.73 Å². The van der Waals surface area contributed by atoms with Gasteiger partial charge in [0, 0.05) is 0 Å². The summed E-state index contributed by atoms with van der Waals surface area (Å²) >= 11 is 6.75.